The maximum atomic E-state index is 12.6. The summed E-state index contributed by atoms with van der Waals surface area (Å²) in [6.07, 6.45) is 6.26. The minimum atomic E-state index is -0.584. The second-order valence-corrected chi connectivity index (χ2v) is 8.23. The topological polar surface area (TPSA) is 118 Å². The van der Waals surface area contributed by atoms with Gasteiger partial charge in [-0.05, 0) is 80.6 Å². The highest BCUT2D eigenvalue weighted by Gasteiger charge is 2.13. The number of hydrogen-bond donors (Lipinski definition) is 1. The number of methoxy groups -OCH3 is 1. The van der Waals surface area contributed by atoms with Crippen LogP contribution in [-0.2, 0) is 19.1 Å². The molecule has 0 saturated carbocycles. The molecule has 0 atom stereocenters. The van der Waals surface area contributed by atoms with Crippen molar-refractivity contribution in [3.05, 3.63) is 71.8 Å². The number of aliphatic hydroxyl groups is 1. The van der Waals surface area contributed by atoms with Gasteiger partial charge in [-0.1, -0.05) is 12.6 Å². The van der Waals surface area contributed by atoms with Gasteiger partial charge in [0.25, 0.3) is 0 Å². The van der Waals surface area contributed by atoms with Crippen molar-refractivity contribution in [1.29, 1.82) is 0 Å². The number of hydrogen-bond acceptors (Lipinski definition) is 9. The van der Waals surface area contributed by atoms with Crippen LogP contribution < -0.4 is 14.2 Å². The van der Waals surface area contributed by atoms with Crippen molar-refractivity contribution in [2.45, 2.75) is 32.6 Å². The second kappa shape index (κ2) is 16.6. The van der Waals surface area contributed by atoms with Crippen molar-refractivity contribution in [3.8, 4) is 17.2 Å². The lowest BCUT2D eigenvalue weighted by atomic mass is 10.2. The van der Waals surface area contributed by atoms with E-state index in [0.29, 0.717) is 41.4 Å². The van der Waals surface area contributed by atoms with E-state index in [4.69, 9.17) is 28.8 Å². The van der Waals surface area contributed by atoms with Crippen molar-refractivity contribution in [2.75, 3.05) is 33.5 Å². The van der Waals surface area contributed by atoms with Crippen LogP contribution in [0.3, 0.4) is 0 Å². The van der Waals surface area contributed by atoms with E-state index in [0.717, 1.165) is 25.7 Å². The first-order valence-corrected chi connectivity index (χ1v) is 12.3. The summed E-state index contributed by atoms with van der Waals surface area (Å²) in [7, 11) is 1.44. The predicted octanol–water partition coefficient (Wildman–Crippen LogP) is 4.52. The molecule has 0 radical (unpaired) electrons. The van der Waals surface area contributed by atoms with Crippen LogP contribution in [-0.4, -0.2) is 56.6 Å². The lowest BCUT2D eigenvalue weighted by Crippen LogP contribution is -2.09. The quantitative estimate of drug-likeness (QED) is 0.146. The summed E-state index contributed by atoms with van der Waals surface area (Å²) in [4.78, 5) is 35.4. The summed E-state index contributed by atoms with van der Waals surface area (Å²) < 4.78 is 26.3. The maximum Gasteiger partial charge on any atom is 0.343 e. The monoisotopic (exact) mass is 526 g/mol. The highest BCUT2D eigenvalue weighted by Crippen LogP contribution is 2.29. The Kier molecular flexibility index (Phi) is 13.2. The van der Waals surface area contributed by atoms with Gasteiger partial charge < -0.3 is 28.8 Å². The first kappa shape index (κ1) is 30.1. The van der Waals surface area contributed by atoms with E-state index in [-0.39, 0.29) is 24.9 Å². The fourth-order valence-electron chi connectivity index (χ4n) is 3.11. The molecule has 9 nitrogen and oxygen atoms in total. The van der Waals surface area contributed by atoms with Gasteiger partial charge in [0.1, 0.15) is 12.4 Å². The van der Waals surface area contributed by atoms with E-state index < -0.39 is 11.9 Å². The van der Waals surface area contributed by atoms with E-state index >= 15 is 0 Å². The van der Waals surface area contributed by atoms with E-state index in [1.807, 2.05) is 0 Å². The summed E-state index contributed by atoms with van der Waals surface area (Å²) in [5.74, 6) is -0.312. The molecule has 0 aromatic heterocycles. The number of carbonyl (C=O) groups excluding carboxylic acids is 3. The number of rotatable bonds is 16. The van der Waals surface area contributed by atoms with Gasteiger partial charge in [-0.15, -0.1) is 0 Å². The van der Waals surface area contributed by atoms with E-state index in [1.165, 1.54) is 19.3 Å². The zero-order valence-corrected chi connectivity index (χ0v) is 21.8. The zero-order valence-electron chi connectivity index (χ0n) is 21.8. The van der Waals surface area contributed by atoms with Crippen LogP contribution in [0, 0.1) is 0 Å². The Bertz CT molecular complexity index is 1100. The van der Waals surface area contributed by atoms with Gasteiger partial charge in [0.15, 0.2) is 11.5 Å². The minimum absolute atomic E-state index is 0.0771. The van der Waals surface area contributed by atoms with Crippen LogP contribution in [0.15, 0.2) is 60.7 Å². The zero-order chi connectivity index (χ0) is 27.8. The fraction of sp³-hybridized carbons (Fsp3) is 0.345. The van der Waals surface area contributed by atoms with E-state index in [2.05, 4.69) is 6.58 Å². The van der Waals surface area contributed by atoms with Crippen LogP contribution in [0.1, 0.15) is 48.5 Å². The molecule has 0 amide bonds. The van der Waals surface area contributed by atoms with Crippen LogP contribution in [0.5, 0.6) is 17.2 Å². The standard InChI is InChI=1S/C29H34O9/c1-21(2)28(32)37-18-7-5-4-6-17-35-24-12-10-23(11-13-24)29(33)38-25-14-8-22(20-26(25)34-3)9-15-27(31)36-19-16-30/h8-15,20,30H,1,4-7,16-19H2,2-3H3/b15-9+. The van der Waals surface area contributed by atoms with Crippen molar-refractivity contribution in [1.82, 2.24) is 0 Å². The van der Waals surface area contributed by atoms with Gasteiger partial charge in [0.2, 0.25) is 0 Å². The van der Waals surface area contributed by atoms with Gasteiger partial charge in [-0.25, -0.2) is 14.4 Å². The molecule has 0 fully saturated rings. The molecule has 9 heteroatoms. The third-order valence-corrected chi connectivity index (χ3v) is 5.12. The second-order valence-electron chi connectivity index (χ2n) is 8.23. The van der Waals surface area contributed by atoms with Crippen molar-refractivity contribution in [3.63, 3.8) is 0 Å². The van der Waals surface area contributed by atoms with E-state index in [1.54, 1.807) is 49.4 Å². The van der Waals surface area contributed by atoms with Crippen molar-refractivity contribution in [2.24, 2.45) is 0 Å². The van der Waals surface area contributed by atoms with Crippen molar-refractivity contribution < 1.29 is 43.2 Å². The molecule has 38 heavy (non-hydrogen) atoms. The summed E-state index contributed by atoms with van der Waals surface area (Å²) in [5, 5.41) is 8.69. The molecule has 204 valence electrons. The largest absolute Gasteiger partial charge is 0.494 e. The SMILES string of the molecule is C=C(C)C(=O)OCCCCCCOc1ccc(C(=O)Oc2ccc(/C=C/C(=O)OCCO)cc2OC)cc1. The van der Waals surface area contributed by atoms with Gasteiger partial charge in [-0.3, -0.25) is 0 Å². The van der Waals surface area contributed by atoms with Crippen LogP contribution >= 0.6 is 0 Å². The third kappa shape index (κ3) is 10.9. The van der Waals surface area contributed by atoms with Crippen molar-refractivity contribution >= 4 is 24.0 Å². The summed E-state index contributed by atoms with van der Waals surface area (Å²) in [5.41, 5.74) is 1.38. The van der Waals surface area contributed by atoms with Gasteiger partial charge in [-0.2, -0.15) is 0 Å². The Labute approximate surface area is 222 Å². The minimum Gasteiger partial charge on any atom is -0.494 e. The van der Waals surface area contributed by atoms with Crippen LogP contribution in [0.25, 0.3) is 6.08 Å². The highest BCUT2D eigenvalue weighted by atomic mass is 16.6. The van der Waals surface area contributed by atoms with Gasteiger partial charge in [0.05, 0.1) is 32.5 Å². The first-order valence-electron chi connectivity index (χ1n) is 12.3. The van der Waals surface area contributed by atoms with Crippen LogP contribution in [0.4, 0.5) is 0 Å². The Morgan fingerprint density at radius 3 is 2.26 bits per heavy atom. The maximum absolute atomic E-state index is 12.6. The fourth-order valence-corrected chi connectivity index (χ4v) is 3.11. The molecular weight excluding hydrogens is 492 g/mol. The van der Waals surface area contributed by atoms with E-state index in [9.17, 15) is 14.4 Å². The first-order chi connectivity index (χ1) is 18.3. The molecule has 0 spiro atoms. The third-order valence-electron chi connectivity index (χ3n) is 5.12. The number of carbonyl (C=O) groups is 3. The predicted molar refractivity (Wildman–Crippen MR) is 141 cm³/mol. The molecule has 0 aliphatic heterocycles. The number of unbranched alkanes of at least 4 members (excludes halogenated alkanes) is 3. The Morgan fingerprint density at radius 2 is 1.61 bits per heavy atom. The molecule has 2 rings (SSSR count). The average Bonchev–Trinajstić information content (AvgIpc) is 2.92. The molecule has 1 N–H and O–H groups in total. The Morgan fingerprint density at radius 1 is 0.895 bits per heavy atom. The van der Waals surface area contributed by atoms with Gasteiger partial charge in [0, 0.05) is 11.6 Å². The normalized spacial score (nSPS) is 10.6. The van der Waals surface area contributed by atoms with Crippen LogP contribution in [0.2, 0.25) is 0 Å². The number of esters is 3. The molecule has 0 heterocycles. The molecule has 0 aliphatic rings. The number of aliphatic hydroxyl groups excluding tert-OH is 1. The lowest BCUT2D eigenvalue weighted by Gasteiger charge is -2.11. The lowest BCUT2D eigenvalue weighted by molar-refractivity contribution is -0.139. The molecular formula is C29H34O9. The summed E-state index contributed by atoms with van der Waals surface area (Å²) in [6, 6.07) is 11.5. The average molecular weight is 527 g/mol. The molecule has 0 aliphatic carbocycles. The molecule has 2 aromatic carbocycles. The molecule has 0 bridgehead atoms. The molecule has 0 unspecified atom stereocenters. The smallest absolute Gasteiger partial charge is 0.343 e. The highest BCUT2D eigenvalue weighted by molar-refractivity contribution is 5.91. The summed E-state index contributed by atoms with van der Waals surface area (Å²) >= 11 is 0. The summed E-state index contributed by atoms with van der Waals surface area (Å²) in [6.45, 7) is 5.76. The molecule has 2 aromatic rings. The Hall–Kier alpha value is -4.11. The number of ether oxygens (including phenoxy) is 5. The number of benzene rings is 2. The van der Waals surface area contributed by atoms with Gasteiger partial charge >= 0.3 is 17.9 Å². The Balaban J connectivity index is 1.78. The molecule has 0 saturated heterocycles.